The molecule has 3 aromatic rings. The van der Waals surface area contributed by atoms with Crippen LogP contribution in [-0.4, -0.2) is 21.0 Å². The van der Waals surface area contributed by atoms with Crippen LogP contribution < -0.4 is 0 Å². The van der Waals surface area contributed by atoms with Crippen LogP contribution in [0.15, 0.2) is 65.3 Å². The second kappa shape index (κ2) is 9.17. The van der Waals surface area contributed by atoms with Gasteiger partial charge in [0.1, 0.15) is 23.3 Å². The van der Waals surface area contributed by atoms with Gasteiger partial charge in [0.2, 0.25) is 0 Å². The van der Waals surface area contributed by atoms with Crippen molar-refractivity contribution in [1.82, 2.24) is 14.8 Å². The molecule has 0 spiro atoms. The van der Waals surface area contributed by atoms with Gasteiger partial charge in [0.25, 0.3) is 0 Å². The molecule has 0 radical (unpaired) electrons. The van der Waals surface area contributed by atoms with Gasteiger partial charge in [-0.15, -0.1) is 10.2 Å². The van der Waals surface area contributed by atoms with Gasteiger partial charge in [-0.2, -0.15) is 0 Å². The standard InChI is InChI=1S/C29H26F2N4/c30-23-9-11-26-19(15-23)5-7-21(26)17-28-33-34-29(35(28)14-2-4-25-3-1-13-32-25)18-22-8-6-20-16-24(31)10-12-27(20)22/h3,7-13,15-16H,1-2,4-6,14,17-18H2. The van der Waals surface area contributed by atoms with Crippen molar-refractivity contribution in [1.29, 1.82) is 0 Å². The van der Waals surface area contributed by atoms with E-state index in [-0.39, 0.29) is 11.6 Å². The lowest BCUT2D eigenvalue weighted by Crippen LogP contribution is -2.10. The highest BCUT2D eigenvalue weighted by Gasteiger charge is 2.22. The molecular weight excluding hydrogens is 442 g/mol. The van der Waals surface area contributed by atoms with Crippen molar-refractivity contribution in [2.24, 2.45) is 4.99 Å². The molecule has 6 heteroatoms. The first kappa shape index (κ1) is 21.8. The third-order valence-corrected chi connectivity index (χ3v) is 7.10. The lowest BCUT2D eigenvalue weighted by Gasteiger charge is -2.13. The summed E-state index contributed by atoms with van der Waals surface area (Å²) in [7, 11) is 0. The van der Waals surface area contributed by atoms with E-state index in [4.69, 9.17) is 0 Å². The molecule has 0 amide bonds. The second-order valence-electron chi connectivity index (χ2n) is 9.35. The number of halogens is 2. The molecule has 0 saturated carbocycles. The molecule has 0 atom stereocenters. The Morgan fingerprint density at radius 1 is 0.771 bits per heavy atom. The first-order valence-corrected chi connectivity index (χ1v) is 12.2. The fourth-order valence-electron chi connectivity index (χ4n) is 5.34. The zero-order chi connectivity index (χ0) is 23.8. The fraction of sp³-hybridized carbons (Fsp3) is 0.276. The molecule has 2 heterocycles. The van der Waals surface area contributed by atoms with Gasteiger partial charge in [0, 0.05) is 37.7 Å². The van der Waals surface area contributed by atoms with E-state index in [0.717, 1.165) is 78.2 Å². The molecular formula is C29H26F2N4. The monoisotopic (exact) mass is 468 g/mol. The third kappa shape index (κ3) is 4.41. The van der Waals surface area contributed by atoms with Gasteiger partial charge in [0.15, 0.2) is 0 Å². The van der Waals surface area contributed by atoms with Crippen LogP contribution in [0.1, 0.15) is 53.2 Å². The van der Waals surface area contributed by atoms with E-state index in [1.165, 1.54) is 23.3 Å². The summed E-state index contributed by atoms with van der Waals surface area (Å²) in [4.78, 5) is 4.45. The maximum Gasteiger partial charge on any atom is 0.137 e. The van der Waals surface area contributed by atoms with E-state index in [1.807, 2.05) is 18.3 Å². The highest BCUT2D eigenvalue weighted by Crippen LogP contribution is 2.33. The number of hydrogen-bond acceptors (Lipinski definition) is 3. The number of fused-ring (bicyclic) bond motifs is 2. The Morgan fingerprint density at radius 2 is 1.37 bits per heavy atom. The molecule has 35 heavy (non-hydrogen) atoms. The summed E-state index contributed by atoms with van der Waals surface area (Å²) in [6, 6.07) is 10.0. The Morgan fingerprint density at radius 3 is 1.91 bits per heavy atom. The van der Waals surface area contributed by atoms with E-state index in [0.29, 0.717) is 12.8 Å². The highest BCUT2D eigenvalue weighted by molar-refractivity contribution is 5.75. The number of nitrogens with zero attached hydrogens (tertiary/aromatic N) is 4. The lowest BCUT2D eigenvalue weighted by molar-refractivity contribution is 0.598. The third-order valence-electron chi connectivity index (χ3n) is 7.10. The fourth-order valence-corrected chi connectivity index (χ4v) is 5.34. The molecule has 6 rings (SSSR count). The summed E-state index contributed by atoms with van der Waals surface area (Å²) < 4.78 is 29.6. The number of allylic oxidation sites excluding steroid dienone is 6. The Balaban J connectivity index is 1.26. The Hall–Kier alpha value is -3.67. The van der Waals surface area contributed by atoms with Crippen molar-refractivity contribution < 1.29 is 8.78 Å². The number of benzene rings is 2. The van der Waals surface area contributed by atoms with Crippen molar-refractivity contribution in [3.63, 3.8) is 0 Å². The first-order chi connectivity index (χ1) is 17.1. The first-order valence-electron chi connectivity index (χ1n) is 12.2. The van der Waals surface area contributed by atoms with Crippen LogP contribution in [0.2, 0.25) is 0 Å². The summed E-state index contributed by atoms with van der Waals surface area (Å²) in [6.45, 7) is 0.803. The number of aromatic nitrogens is 3. The molecule has 2 aromatic carbocycles. The van der Waals surface area contributed by atoms with E-state index >= 15 is 0 Å². The summed E-state index contributed by atoms with van der Waals surface area (Å²) in [5, 5.41) is 9.20. The van der Waals surface area contributed by atoms with Gasteiger partial charge in [-0.3, -0.25) is 4.99 Å². The van der Waals surface area contributed by atoms with Gasteiger partial charge in [-0.1, -0.05) is 30.4 Å². The van der Waals surface area contributed by atoms with Crippen LogP contribution in [-0.2, 0) is 32.2 Å². The smallest absolute Gasteiger partial charge is 0.137 e. The number of rotatable bonds is 8. The Labute approximate surface area is 203 Å². The number of aliphatic imine (C=N–C) groups is 1. The van der Waals surface area contributed by atoms with Crippen molar-refractivity contribution in [3.8, 4) is 0 Å². The van der Waals surface area contributed by atoms with Gasteiger partial charge >= 0.3 is 0 Å². The minimum absolute atomic E-state index is 0.197. The summed E-state index contributed by atoms with van der Waals surface area (Å²) in [5.41, 5.74) is 7.73. The predicted octanol–water partition coefficient (Wildman–Crippen LogP) is 6.06. The van der Waals surface area contributed by atoms with E-state index < -0.39 is 0 Å². The van der Waals surface area contributed by atoms with Crippen molar-refractivity contribution in [2.75, 3.05) is 0 Å². The van der Waals surface area contributed by atoms with E-state index in [2.05, 4.69) is 38.0 Å². The number of hydrogen-bond donors (Lipinski definition) is 0. The van der Waals surface area contributed by atoms with Crippen molar-refractivity contribution in [2.45, 2.75) is 51.5 Å². The average Bonchev–Trinajstić information content (AvgIpc) is 3.64. The highest BCUT2D eigenvalue weighted by atomic mass is 19.1. The van der Waals surface area contributed by atoms with Crippen molar-refractivity contribution >= 4 is 17.4 Å². The van der Waals surface area contributed by atoms with Gasteiger partial charge in [0.05, 0.1) is 0 Å². The average molecular weight is 469 g/mol. The van der Waals surface area contributed by atoms with Crippen molar-refractivity contribution in [3.05, 3.63) is 106 Å². The van der Waals surface area contributed by atoms with Crippen LogP contribution >= 0.6 is 0 Å². The zero-order valence-electron chi connectivity index (χ0n) is 19.5. The maximum absolute atomic E-state index is 13.7. The van der Waals surface area contributed by atoms with Crippen LogP contribution in [0.3, 0.4) is 0 Å². The molecule has 3 aliphatic rings. The Kier molecular flexibility index (Phi) is 5.72. The van der Waals surface area contributed by atoms with Gasteiger partial charge in [-0.05, 0) is 83.3 Å². The van der Waals surface area contributed by atoms with Gasteiger partial charge < -0.3 is 4.57 Å². The molecule has 0 N–H and O–H groups in total. The summed E-state index contributed by atoms with van der Waals surface area (Å²) >= 11 is 0. The van der Waals surface area contributed by atoms with Crippen LogP contribution in [0.25, 0.3) is 11.1 Å². The molecule has 4 nitrogen and oxygen atoms in total. The summed E-state index contributed by atoms with van der Waals surface area (Å²) in [6.07, 6.45) is 14.1. The molecule has 1 aromatic heterocycles. The van der Waals surface area contributed by atoms with Crippen LogP contribution in [0, 0.1) is 11.6 Å². The second-order valence-corrected chi connectivity index (χ2v) is 9.35. The maximum atomic E-state index is 13.7. The minimum atomic E-state index is -0.197. The molecule has 176 valence electrons. The van der Waals surface area contributed by atoms with Crippen LogP contribution in [0.4, 0.5) is 8.78 Å². The SMILES string of the molecule is Fc1ccc2c(c1)CC=C2Cc1nnc(CC2=CCc3cc(F)ccc32)n1CCCC1=CCC=N1. The topological polar surface area (TPSA) is 43.1 Å². The van der Waals surface area contributed by atoms with Gasteiger partial charge in [-0.25, -0.2) is 8.78 Å². The zero-order valence-corrected chi connectivity index (χ0v) is 19.5. The molecule has 0 unspecified atom stereocenters. The molecule has 0 fully saturated rings. The van der Waals surface area contributed by atoms with Crippen LogP contribution in [0.5, 0.6) is 0 Å². The predicted molar refractivity (Wildman–Crippen MR) is 134 cm³/mol. The lowest BCUT2D eigenvalue weighted by atomic mass is 10.0. The van der Waals surface area contributed by atoms with E-state index in [9.17, 15) is 8.78 Å². The quantitative estimate of drug-likeness (QED) is 0.403. The Bertz CT molecular complexity index is 1340. The molecule has 0 bridgehead atoms. The van der Waals surface area contributed by atoms with E-state index in [1.54, 1.807) is 12.1 Å². The summed E-state index contributed by atoms with van der Waals surface area (Å²) in [5.74, 6) is 1.45. The normalized spacial score (nSPS) is 15.8. The largest absolute Gasteiger partial charge is 0.314 e. The minimum Gasteiger partial charge on any atom is -0.314 e. The molecule has 0 saturated heterocycles. The molecule has 1 aliphatic heterocycles. The molecule has 2 aliphatic carbocycles.